The lowest BCUT2D eigenvalue weighted by molar-refractivity contribution is 0.0906. The first kappa shape index (κ1) is 19.7. The predicted molar refractivity (Wildman–Crippen MR) is 107 cm³/mol. The molecular weight excluding hydrogens is 409 g/mol. The average Bonchev–Trinajstić information content (AvgIpc) is 3.53. The van der Waals surface area contributed by atoms with E-state index in [1.165, 1.54) is 18.5 Å². The van der Waals surface area contributed by atoms with E-state index in [-0.39, 0.29) is 35.1 Å². The lowest BCUT2D eigenvalue weighted by Gasteiger charge is -2.37. The average molecular weight is 434 g/mol. The van der Waals surface area contributed by atoms with Gasteiger partial charge >= 0.3 is 0 Å². The van der Waals surface area contributed by atoms with E-state index in [4.69, 9.17) is 9.47 Å². The molecule has 2 saturated heterocycles. The number of nitrogens with zero attached hydrogens (tertiary/aromatic N) is 3. The molecule has 1 aromatic carbocycles. The van der Waals surface area contributed by atoms with Crippen LogP contribution in [0.15, 0.2) is 30.6 Å². The molecule has 2 atom stereocenters. The van der Waals surface area contributed by atoms with Crippen molar-refractivity contribution in [1.29, 1.82) is 0 Å². The van der Waals surface area contributed by atoms with E-state index in [0.29, 0.717) is 24.3 Å². The first-order chi connectivity index (χ1) is 14.4. The van der Waals surface area contributed by atoms with E-state index in [9.17, 15) is 12.8 Å². The van der Waals surface area contributed by atoms with Gasteiger partial charge < -0.3 is 9.47 Å². The van der Waals surface area contributed by atoms with Gasteiger partial charge in [0.05, 0.1) is 10.8 Å². The number of aromatic nitrogens is 2. The summed E-state index contributed by atoms with van der Waals surface area (Å²) in [6, 6.07) is 6.12. The fourth-order valence-corrected chi connectivity index (χ4v) is 6.85. The fourth-order valence-electron chi connectivity index (χ4n) is 4.56. The highest BCUT2D eigenvalue weighted by molar-refractivity contribution is 7.90. The van der Waals surface area contributed by atoms with Gasteiger partial charge in [0, 0.05) is 24.9 Å². The van der Waals surface area contributed by atoms with Crippen molar-refractivity contribution in [3.05, 3.63) is 42.0 Å². The zero-order valence-electron chi connectivity index (χ0n) is 16.7. The summed E-state index contributed by atoms with van der Waals surface area (Å²) in [4.78, 5) is 8.35. The Morgan fingerprint density at radius 3 is 2.37 bits per heavy atom. The van der Waals surface area contributed by atoms with Gasteiger partial charge in [-0.3, -0.25) is 0 Å². The number of para-hydroxylation sites is 1. The first-order valence-electron chi connectivity index (χ1n) is 10.4. The molecule has 2 aliphatic heterocycles. The molecule has 0 radical (unpaired) electrons. The van der Waals surface area contributed by atoms with Crippen LogP contribution in [-0.2, 0) is 10.0 Å². The van der Waals surface area contributed by atoms with E-state index >= 15 is 0 Å². The molecule has 3 fully saturated rings. The van der Waals surface area contributed by atoms with Gasteiger partial charge in [0.2, 0.25) is 21.8 Å². The Kier molecular flexibility index (Phi) is 4.89. The van der Waals surface area contributed by atoms with Crippen LogP contribution in [0.25, 0.3) is 0 Å². The molecule has 0 N–H and O–H groups in total. The van der Waals surface area contributed by atoms with Gasteiger partial charge in [-0.15, -0.1) is 0 Å². The summed E-state index contributed by atoms with van der Waals surface area (Å²) >= 11 is 0. The zero-order valence-corrected chi connectivity index (χ0v) is 17.5. The molecule has 2 aromatic rings. The van der Waals surface area contributed by atoms with Crippen LogP contribution in [0.1, 0.15) is 44.1 Å². The van der Waals surface area contributed by atoms with Crippen molar-refractivity contribution in [3.63, 3.8) is 0 Å². The minimum absolute atomic E-state index is 0.00405. The topological polar surface area (TPSA) is 81.6 Å². The van der Waals surface area contributed by atoms with Gasteiger partial charge in [-0.2, -0.15) is 4.31 Å². The van der Waals surface area contributed by atoms with Crippen molar-refractivity contribution in [1.82, 2.24) is 14.3 Å². The van der Waals surface area contributed by atoms with E-state index in [2.05, 4.69) is 9.97 Å². The molecule has 2 bridgehead atoms. The minimum Gasteiger partial charge on any atom is -0.474 e. The highest BCUT2D eigenvalue weighted by atomic mass is 32.2. The number of ether oxygens (including phenoxy) is 2. The summed E-state index contributed by atoms with van der Waals surface area (Å²) in [5, 5.41) is -0.180. The lowest BCUT2D eigenvalue weighted by Crippen LogP contribution is -2.50. The van der Waals surface area contributed by atoms with Crippen LogP contribution in [0.2, 0.25) is 0 Å². The molecule has 0 spiro atoms. The minimum atomic E-state index is -3.18. The third kappa shape index (κ3) is 3.54. The molecule has 160 valence electrons. The number of fused-ring (bicyclic) bond motifs is 2. The summed E-state index contributed by atoms with van der Waals surface area (Å²) in [6.45, 7) is 1.77. The maximum absolute atomic E-state index is 13.9. The SMILES string of the molecule is Cc1c(Oc2ccccc2F)ncnc1OC1CC2CCC(C1)N2S(=O)(=O)C1CC1. The highest BCUT2D eigenvalue weighted by Gasteiger charge is 2.52. The third-order valence-corrected chi connectivity index (χ3v) is 8.67. The van der Waals surface area contributed by atoms with Crippen molar-refractivity contribution in [2.75, 3.05) is 0 Å². The second-order valence-corrected chi connectivity index (χ2v) is 10.4. The Morgan fingerprint density at radius 1 is 1.03 bits per heavy atom. The highest BCUT2D eigenvalue weighted by Crippen LogP contribution is 2.44. The van der Waals surface area contributed by atoms with Gasteiger partial charge in [0.1, 0.15) is 12.4 Å². The monoisotopic (exact) mass is 433 g/mol. The summed E-state index contributed by atoms with van der Waals surface area (Å²) in [6.07, 6.45) is 5.82. The maximum atomic E-state index is 13.9. The normalized spacial score (nSPS) is 26.5. The zero-order chi connectivity index (χ0) is 20.9. The molecule has 9 heteroatoms. The van der Waals surface area contributed by atoms with Crippen LogP contribution in [0.3, 0.4) is 0 Å². The van der Waals surface area contributed by atoms with Crippen LogP contribution in [0, 0.1) is 12.7 Å². The lowest BCUT2D eigenvalue weighted by atomic mass is 10.0. The van der Waals surface area contributed by atoms with Crippen LogP contribution in [0.5, 0.6) is 17.5 Å². The van der Waals surface area contributed by atoms with Crippen molar-refractivity contribution in [3.8, 4) is 17.5 Å². The quantitative estimate of drug-likeness (QED) is 0.693. The summed E-state index contributed by atoms with van der Waals surface area (Å²) < 4.78 is 53.1. The van der Waals surface area contributed by atoms with Crippen LogP contribution < -0.4 is 9.47 Å². The van der Waals surface area contributed by atoms with Crippen molar-refractivity contribution in [2.45, 2.75) is 68.9 Å². The Morgan fingerprint density at radius 2 is 1.70 bits per heavy atom. The van der Waals surface area contributed by atoms with Crippen molar-refractivity contribution >= 4 is 10.0 Å². The fraction of sp³-hybridized carbons (Fsp3) is 0.524. The molecule has 30 heavy (non-hydrogen) atoms. The maximum Gasteiger partial charge on any atom is 0.229 e. The van der Waals surface area contributed by atoms with Gasteiger partial charge in [-0.1, -0.05) is 12.1 Å². The Hall–Kier alpha value is -2.26. The number of sulfonamides is 1. The molecule has 0 amide bonds. The van der Waals surface area contributed by atoms with Crippen molar-refractivity contribution < 1.29 is 22.3 Å². The molecule has 3 heterocycles. The third-order valence-electron chi connectivity index (χ3n) is 6.18. The number of hydrogen-bond acceptors (Lipinski definition) is 6. The van der Waals surface area contributed by atoms with Crippen LogP contribution in [0.4, 0.5) is 4.39 Å². The molecule has 7 nitrogen and oxygen atoms in total. The summed E-state index contributed by atoms with van der Waals surface area (Å²) in [7, 11) is -3.18. The second-order valence-electron chi connectivity index (χ2n) is 8.31. The largest absolute Gasteiger partial charge is 0.474 e. The number of rotatable bonds is 6. The van der Waals surface area contributed by atoms with Gasteiger partial charge in [0.15, 0.2) is 11.6 Å². The van der Waals surface area contributed by atoms with E-state index in [1.807, 2.05) is 0 Å². The molecule has 3 aliphatic rings. The van der Waals surface area contributed by atoms with Crippen LogP contribution >= 0.6 is 0 Å². The second kappa shape index (κ2) is 7.46. The smallest absolute Gasteiger partial charge is 0.229 e. The van der Waals surface area contributed by atoms with E-state index in [0.717, 1.165) is 25.7 Å². The van der Waals surface area contributed by atoms with E-state index in [1.54, 1.807) is 23.4 Å². The number of halogens is 1. The molecular formula is C21H24FN3O4S. The number of hydrogen-bond donors (Lipinski definition) is 0. The summed E-state index contributed by atoms with van der Waals surface area (Å²) in [5.41, 5.74) is 0.584. The van der Waals surface area contributed by atoms with Crippen molar-refractivity contribution in [2.24, 2.45) is 0 Å². The Bertz CT molecular complexity index is 1050. The predicted octanol–water partition coefficient (Wildman–Crippen LogP) is 3.58. The van der Waals surface area contributed by atoms with Gasteiger partial charge in [0.25, 0.3) is 0 Å². The Labute approximate surface area is 175 Å². The van der Waals surface area contributed by atoms with E-state index < -0.39 is 15.8 Å². The molecule has 1 aliphatic carbocycles. The molecule has 2 unspecified atom stereocenters. The Balaban J connectivity index is 1.31. The molecule has 1 saturated carbocycles. The molecule has 1 aromatic heterocycles. The number of benzene rings is 1. The number of piperidine rings is 1. The van der Waals surface area contributed by atoms with Gasteiger partial charge in [-0.25, -0.2) is 22.8 Å². The summed E-state index contributed by atoms with van der Waals surface area (Å²) in [5.74, 6) is 0.238. The van der Waals surface area contributed by atoms with Gasteiger partial charge in [-0.05, 0) is 44.7 Å². The standard InChI is InChI=1S/C21H24FN3O4S/c1-13-20(23-12-24-21(13)29-19-5-3-2-4-18(19)22)28-16-10-14-6-7-15(11-16)25(14)30(26,27)17-8-9-17/h2-5,12,14-17H,6-11H2,1H3. The molecule has 5 rings (SSSR count). The first-order valence-corrected chi connectivity index (χ1v) is 11.9. The van der Waals surface area contributed by atoms with Crippen LogP contribution in [-0.4, -0.2) is 46.1 Å².